The van der Waals surface area contributed by atoms with E-state index in [9.17, 15) is 22.8 Å². The second-order valence-electron chi connectivity index (χ2n) is 6.00. The summed E-state index contributed by atoms with van der Waals surface area (Å²) in [6, 6.07) is 11.2. The van der Waals surface area contributed by atoms with Crippen LogP contribution in [0.2, 0.25) is 0 Å². The van der Waals surface area contributed by atoms with Gasteiger partial charge in [-0.25, -0.2) is 0 Å². The maximum Gasteiger partial charge on any atom is 0.416 e. The number of unbranched alkanes of at least 4 members (excludes halogenated alkanes) is 1. The van der Waals surface area contributed by atoms with Crippen LogP contribution in [-0.4, -0.2) is 11.7 Å². The molecule has 0 unspecified atom stereocenters. The normalized spacial score (nSPS) is 11.2. The highest BCUT2D eigenvalue weighted by molar-refractivity contribution is 6.05. The highest BCUT2D eigenvalue weighted by Gasteiger charge is 2.30. The van der Waals surface area contributed by atoms with E-state index in [1.807, 2.05) is 6.92 Å². The maximum absolute atomic E-state index is 12.8. The lowest BCUT2D eigenvalue weighted by Gasteiger charge is -2.11. The minimum Gasteiger partial charge on any atom is -0.325 e. The topological polar surface area (TPSA) is 46.2 Å². The highest BCUT2D eigenvalue weighted by atomic mass is 19.4. The number of anilines is 1. The van der Waals surface area contributed by atoms with E-state index in [0.29, 0.717) is 12.1 Å². The van der Waals surface area contributed by atoms with Crippen LogP contribution in [0.25, 0.3) is 0 Å². The average molecular weight is 363 g/mol. The molecule has 0 heterocycles. The molecule has 0 aromatic heterocycles. The second-order valence-corrected chi connectivity index (χ2v) is 6.00. The fourth-order valence-corrected chi connectivity index (χ4v) is 2.52. The first-order chi connectivity index (χ1) is 12.3. The van der Waals surface area contributed by atoms with Gasteiger partial charge in [-0.15, -0.1) is 0 Å². The van der Waals surface area contributed by atoms with Gasteiger partial charge < -0.3 is 5.32 Å². The summed E-state index contributed by atoms with van der Waals surface area (Å²) in [5, 5.41) is 2.71. The number of carbonyl (C=O) groups excluding carboxylic acids is 2. The summed E-state index contributed by atoms with van der Waals surface area (Å²) < 4.78 is 38.4. The van der Waals surface area contributed by atoms with E-state index < -0.39 is 11.7 Å². The molecule has 0 aliphatic rings. The number of hydrogen-bond acceptors (Lipinski definition) is 2. The lowest BCUT2D eigenvalue weighted by Crippen LogP contribution is -2.15. The van der Waals surface area contributed by atoms with Gasteiger partial charge in [0.15, 0.2) is 5.78 Å². The first-order valence-corrected chi connectivity index (χ1v) is 8.39. The summed E-state index contributed by atoms with van der Waals surface area (Å²) in [7, 11) is 0. The van der Waals surface area contributed by atoms with Gasteiger partial charge in [0.25, 0.3) is 0 Å². The Kier molecular flexibility index (Phi) is 6.55. The second kappa shape index (κ2) is 8.65. The zero-order valence-corrected chi connectivity index (χ0v) is 14.4. The molecule has 1 N–H and O–H groups in total. The molecule has 0 fully saturated rings. The number of halogens is 3. The van der Waals surface area contributed by atoms with Gasteiger partial charge in [0.1, 0.15) is 0 Å². The molecule has 3 nitrogen and oxygen atoms in total. The Bertz CT molecular complexity index is 785. The molecule has 138 valence electrons. The summed E-state index contributed by atoms with van der Waals surface area (Å²) in [6.07, 6.45) is -2.65. The predicted molar refractivity (Wildman–Crippen MR) is 94.1 cm³/mol. The van der Waals surface area contributed by atoms with Gasteiger partial charge >= 0.3 is 6.18 Å². The third-order valence-electron chi connectivity index (χ3n) is 3.88. The lowest BCUT2D eigenvalue weighted by atomic mass is 10.00. The molecule has 2 rings (SSSR count). The van der Waals surface area contributed by atoms with Crippen LogP contribution in [0.1, 0.15) is 47.7 Å². The summed E-state index contributed by atoms with van der Waals surface area (Å²) in [6.45, 7) is 1.97. The predicted octanol–water partition coefficient (Wildman–Crippen LogP) is 5.26. The van der Waals surface area contributed by atoms with E-state index in [2.05, 4.69) is 5.32 Å². The van der Waals surface area contributed by atoms with Crippen LogP contribution in [0.5, 0.6) is 0 Å². The number of rotatable bonds is 7. The monoisotopic (exact) mass is 363 g/mol. The van der Waals surface area contributed by atoms with Gasteiger partial charge in [0.2, 0.25) is 5.91 Å². The van der Waals surface area contributed by atoms with Gasteiger partial charge in [0.05, 0.1) is 11.3 Å². The molecule has 1 amide bonds. The molecule has 2 aromatic rings. The molecule has 0 spiro atoms. The van der Waals surface area contributed by atoms with Crippen molar-refractivity contribution in [3.05, 3.63) is 65.2 Å². The summed E-state index contributed by atoms with van der Waals surface area (Å²) in [5.74, 6) is -0.540. The fraction of sp³-hybridized carbons (Fsp3) is 0.300. The van der Waals surface area contributed by atoms with Crippen LogP contribution in [0, 0.1) is 0 Å². The van der Waals surface area contributed by atoms with Crippen molar-refractivity contribution in [2.45, 2.75) is 38.8 Å². The number of para-hydroxylation sites is 1. The van der Waals surface area contributed by atoms with Gasteiger partial charge in [-0.05, 0) is 30.2 Å². The van der Waals surface area contributed by atoms with Crippen molar-refractivity contribution >= 4 is 17.4 Å². The third kappa shape index (κ3) is 5.44. The van der Waals surface area contributed by atoms with Gasteiger partial charge in [0, 0.05) is 18.4 Å². The molecule has 0 saturated carbocycles. The fourth-order valence-electron chi connectivity index (χ4n) is 2.52. The van der Waals surface area contributed by atoms with Crippen molar-refractivity contribution in [2.75, 3.05) is 5.32 Å². The molecule has 0 saturated heterocycles. The minimum absolute atomic E-state index is 0.175. The molecule has 26 heavy (non-hydrogen) atoms. The molecule has 2 aromatic carbocycles. The van der Waals surface area contributed by atoms with Crippen molar-refractivity contribution in [3.63, 3.8) is 0 Å². The highest BCUT2D eigenvalue weighted by Crippen LogP contribution is 2.30. The average Bonchev–Trinajstić information content (AvgIpc) is 2.60. The van der Waals surface area contributed by atoms with Gasteiger partial charge in [-0.2, -0.15) is 13.2 Å². The first kappa shape index (κ1) is 19.7. The summed E-state index contributed by atoms with van der Waals surface area (Å²) in [5.41, 5.74) is 0.154. The standard InChI is InChI=1S/C20H20F3NO2/c1-2-3-11-19(26)24-17-10-5-4-9-16(17)18(25)13-14-7-6-8-15(12-14)20(21,22)23/h4-10,12H,2-3,11,13H2,1H3,(H,24,26). The Morgan fingerprint density at radius 1 is 1.04 bits per heavy atom. The zero-order chi connectivity index (χ0) is 19.2. The Morgan fingerprint density at radius 3 is 2.46 bits per heavy atom. The SMILES string of the molecule is CCCCC(=O)Nc1ccccc1C(=O)Cc1cccc(C(F)(F)F)c1. The van der Waals surface area contributed by atoms with Crippen LogP contribution < -0.4 is 5.32 Å². The Balaban J connectivity index is 2.16. The van der Waals surface area contributed by atoms with Gasteiger partial charge in [-0.1, -0.05) is 43.7 Å². The Hall–Kier alpha value is -2.63. The Labute approximate surface area is 150 Å². The van der Waals surface area contributed by atoms with Crippen molar-refractivity contribution < 1.29 is 22.8 Å². The molecule has 0 aliphatic heterocycles. The number of Topliss-reactive ketones (excluding diaryl/α,β-unsaturated/α-hetero) is 1. The van der Waals surface area contributed by atoms with Crippen molar-refractivity contribution in [1.29, 1.82) is 0 Å². The first-order valence-electron chi connectivity index (χ1n) is 8.39. The van der Waals surface area contributed by atoms with Crippen LogP contribution >= 0.6 is 0 Å². The number of amides is 1. The number of alkyl halides is 3. The van der Waals surface area contributed by atoms with E-state index in [4.69, 9.17) is 0 Å². The summed E-state index contributed by atoms with van der Waals surface area (Å²) in [4.78, 5) is 24.5. The summed E-state index contributed by atoms with van der Waals surface area (Å²) >= 11 is 0. The van der Waals surface area contributed by atoms with E-state index in [1.165, 1.54) is 12.1 Å². The third-order valence-corrected chi connectivity index (χ3v) is 3.88. The van der Waals surface area contributed by atoms with E-state index in [0.717, 1.165) is 25.0 Å². The molecule has 6 heteroatoms. The van der Waals surface area contributed by atoms with E-state index in [-0.39, 0.29) is 29.2 Å². The maximum atomic E-state index is 12.8. The Morgan fingerprint density at radius 2 is 1.77 bits per heavy atom. The number of benzene rings is 2. The molecular weight excluding hydrogens is 343 g/mol. The van der Waals surface area contributed by atoms with Crippen LogP contribution in [0.3, 0.4) is 0 Å². The van der Waals surface area contributed by atoms with Crippen molar-refractivity contribution in [3.8, 4) is 0 Å². The van der Waals surface area contributed by atoms with E-state index >= 15 is 0 Å². The zero-order valence-electron chi connectivity index (χ0n) is 14.4. The van der Waals surface area contributed by atoms with Crippen LogP contribution in [-0.2, 0) is 17.4 Å². The van der Waals surface area contributed by atoms with Crippen molar-refractivity contribution in [2.24, 2.45) is 0 Å². The van der Waals surface area contributed by atoms with Crippen LogP contribution in [0.4, 0.5) is 18.9 Å². The molecular formula is C20H20F3NO2. The van der Waals surface area contributed by atoms with Gasteiger partial charge in [-0.3, -0.25) is 9.59 Å². The minimum atomic E-state index is -4.45. The molecule has 0 radical (unpaired) electrons. The molecule has 0 atom stereocenters. The largest absolute Gasteiger partial charge is 0.416 e. The molecule has 0 aliphatic carbocycles. The number of hydrogen-bond donors (Lipinski definition) is 1. The number of nitrogens with one attached hydrogen (secondary N) is 1. The molecule has 0 bridgehead atoms. The smallest absolute Gasteiger partial charge is 0.325 e. The van der Waals surface area contributed by atoms with Crippen molar-refractivity contribution in [1.82, 2.24) is 0 Å². The quantitative estimate of drug-likeness (QED) is 0.682. The van der Waals surface area contributed by atoms with Crippen LogP contribution in [0.15, 0.2) is 48.5 Å². The van der Waals surface area contributed by atoms with E-state index in [1.54, 1.807) is 24.3 Å². The number of carbonyl (C=O) groups is 2. The number of ketones is 1. The lowest BCUT2D eigenvalue weighted by molar-refractivity contribution is -0.137.